The van der Waals surface area contributed by atoms with Gasteiger partial charge < -0.3 is 35.0 Å². The molecule has 0 unspecified atom stereocenters. The minimum atomic E-state index is -2.09. The van der Waals surface area contributed by atoms with E-state index in [1.54, 1.807) is 6.92 Å². The van der Waals surface area contributed by atoms with Crippen LogP contribution in [0.2, 0.25) is 0 Å². The van der Waals surface area contributed by atoms with Crippen molar-refractivity contribution >= 4 is 15.7 Å². The van der Waals surface area contributed by atoms with Crippen molar-refractivity contribution in [2.24, 2.45) is 5.92 Å². The molecule has 2 fully saturated rings. The highest BCUT2D eigenvalue weighted by Crippen LogP contribution is 2.29. The second-order valence-electron chi connectivity index (χ2n) is 5.52. The molecule has 8 atom stereocenters. The quantitative estimate of drug-likeness (QED) is 0.348. The molecule has 0 saturated carbocycles. The lowest BCUT2D eigenvalue weighted by molar-refractivity contribution is -0.0734. The maximum atomic E-state index is 12.2. The second-order valence-corrected chi connectivity index (χ2v) is 5.52. The van der Waals surface area contributed by atoms with Crippen LogP contribution in [-0.2, 0) is 9.47 Å². The highest BCUT2D eigenvalue weighted by atomic mass is 19.1. The number of hydrogen-bond acceptors (Lipinski definition) is 7. The van der Waals surface area contributed by atoms with Crippen molar-refractivity contribution in [1.29, 1.82) is 0 Å². The van der Waals surface area contributed by atoms with Crippen LogP contribution in [0.25, 0.3) is 0 Å². The summed E-state index contributed by atoms with van der Waals surface area (Å²) in [5.41, 5.74) is -2.09. The molecule has 0 bridgehead atoms. The molecule has 5 N–H and O–H groups in total. The largest absolute Gasteiger partial charge is 0.394 e. The number of halogens is 1. The Morgan fingerprint density at radius 2 is 1.64 bits per heavy atom. The van der Waals surface area contributed by atoms with Gasteiger partial charge >= 0.3 is 0 Å². The molecule has 22 heavy (non-hydrogen) atoms. The zero-order chi connectivity index (χ0) is 17.1. The maximum absolute atomic E-state index is 12.2. The van der Waals surface area contributed by atoms with Gasteiger partial charge in [-0.1, -0.05) is 6.92 Å². The van der Waals surface area contributed by atoms with Crippen molar-refractivity contribution in [2.75, 3.05) is 19.9 Å². The Labute approximate surface area is 130 Å². The molecule has 2 aliphatic heterocycles. The van der Waals surface area contributed by atoms with Crippen LogP contribution in [0.5, 0.6) is 0 Å². The highest BCUT2D eigenvalue weighted by Gasteiger charge is 2.52. The van der Waals surface area contributed by atoms with Crippen molar-refractivity contribution in [3.05, 3.63) is 0 Å². The number of hydrogen-bond donors (Lipinski definition) is 5. The standard InChI is InChI=1S/C6H10BFO4.C6H11BO3/c7-5-6(11,2-8)4(10)3(1-9)12-5;1-3-5(9)4(2-8)10-6(3)7/h3-5,9-11H,1-2H2;3-6,8-9H,2H2,1H3/t3-,4-,5-,6-;3-,4-,5+,6-/m11/s1. The molecular weight excluding hydrogens is 297 g/mol. The van der Waals surface area contributed by atoms with E-state index in [4.69, 9.17) is 35.4 Å². The molecule has 0 aromatic carbocycles. The molecule has 2 aliphatic rings. The fourth-order valence-electron chi connectivity index (χ4n) is 2.26. The summed E-state index contributed by atoms with van der Waals surface area (Å²) in [4.78, 5) is 0. The van der Waals surface area contributed by atoms with E-state index in [9.17, 15) is 19.7 Å². The van der Waals surface area contributed by atoms with E-state index in [0.717, 1.165) is 0 Å². The number of alkyl halides is 1. The van der Waals surface area contributed by atoms with E-state index in [2.05, 4.69) is 0 Å². The van der Waals surface area contributed by atoms with Gasteiger partial charge in [-0.05, 0) is 0 Å². The normalized spacial score (nSPS) is 48.0. The summed E-state index contributed by atoms with van der Waals surface area (Å²) < 4.78 is 22.0. The molecule has 7 nitrogen and oxygen atoms in total. The molecule has 124 valence electrons. The first-order chi connectivity index (χ1) is 10.2. The highest BCUT2D eigenvalue weighted by molar-refractivity contribution is 6.12. The first-order valence-corrected chi connectivity index (χ1v) is 6.91. The Hall–Kier alpha value is -0.220. The average molecular weight is 318 g/mol. The van der Waals surface area contributed by atoms with Gasteiger partial charge in [-0.2, -0.15) is 0 Å². The van der Waals surface area contributed by atoms with E-state index in [1.165, 1.54) is 0 Å². The minimum Gasteiger partial charge on any atom is -0.394 e. The van der Waals surface area contributed by atoms with Crippen molar-refractivity contribution in [3.8, 4) is 0 Å². The van der Waals surface area contributed by atoms with Gasteiger partial charge in [0.25, 0.3) is 0 Å². The van der Waals surface area contributed by atoms with Gasteiger partial charge in [0.05, 0.1) is 25.3 Å². The molecule has 0 spiro atoms. The van der Waals surface area contributed by atoms with E-state index < -0.39 is 55.3 Å². The molecule has 2 heterocycles. The fraction of sp³-hybridized carbons (Fsp3) is 1.00. The Morgan fingerprint density at radius 3 is 1.86 bits per heavy atom. The first-order valence-electron chi connectivity index (χ1n) is 6.91. The smallest absolute Gasteiger partial charge is 0.139 e. The summed E-state index contributed by atoms with van der Waals surface area (Å²) >= 11 is 0. The molecule has 0 aromatic rings. The Bertz CT molecular complexity index is 353. The molecule has 4 radical (unpaired) electrons. The molecule has 10 heteroatoms. The van der Waals surface area contributed by atoms with Crippen LogP contribution < -0.4 is 0 Å². The van der Waals surface area contributed by atoms with Crippen LogP contribution in [0.3, 0.4) is 0 Å². The molecule has 0 aromatic heterocycles. The monoisotopic (exact) mass is 318 g/mol. The lowest BCUT2D eigenvalue weighted by atomic mass is 9.81. The number of rotatable bonds is 3. The van der Waals surface area contributed by atoms with E-state index >= 15 is 0 Å². The van der Waals surface area contributed by atoms with Gasteiger partial charge in [0, 0.05) is 11.9 Å². The number of ether oxygens (including phenoxy) is 2. The zero-order valence-electron chi connectivity index (χ0n) is 12.2. The predicted octanol–water partition coefficient (Wildman–Crippen LogP) is -3.20. The van der Waals surface area contributed by atoms with Gasteiger partial charge in [-0.3, -0.25) is 0 Å². The summed E-state index contributed by atoms with van der Waals surface area (Å²) in [5.74, 6) is -0.0860. The molecule has 0 aliphatic carbocycles. The minimum absolute atomic E-state index is 0.0860. The summed E-state index contributed by atoms with van der Waals surface area (Å²) in [6, 6.07) is -1.73. The third-order valence-corrected chi connectivity index (χ3v) is 4.02. The van der Waals surface area contributed by atoms with Gasteiger partial charge in [0.15, 0.2) is 0 Å². The summed E-state index contributed by atoms with van der Waals surface area (Å²) in [7, 11) is 10.6. The number of aliphatic hydroxyl groups excluding tert-OH is 4. The van der Waals surface area contributed by atoms with Crippen LogP contribution in [0.1, 0.15) is 6.92 Å². The Kier molecular flexibility index (Phi) is 7.25. The van der Waals surface area contributed by atoms with Crippen molar-refractivity contribution in [3.63, 3.8) is 0 Å². The summed E-state index contributed by atoms with van der Waals surface area (Å²) in [6.07, 6.45) is -3.62. The second kappa shape index (κ2) is 8.05. The predicted molar refractivity (Wildman–Crippen MR) is 75.1 cm³/mol. The Balaban J connectivity index is 0.000000224. The van der Waals surface area contributed by atoms with Crippen molar-refractivity contribution < 1.29 is 39.4 Å². The molecular formula is C12H21B2FO7. The average Bonchev–Trinajstić information content (AvgIpc) is 2.90. The van der Waals surface area contributed by atoms with E-state index in [0.29, 0.717) is 0 Å². The SMILES string of the molecule is [B][C@@H]1O[C@H](CO)[C@@H](O)[C@H]1C.[B][C@@H]1O[C@H](CO)[C@@H](O)[C@]1(O)CF. The van der Waals surface area contributed by atoms with Gasteiger partial charge in [-0.15, -0.1) is 0 Å². The maximum Gasteiger partial charge on any atom is 0.139 e. The molecule has 2 saturated heterocycles. The first kappa shape index (κ1) is 19.8. The fourth-order valence-corrected chi connectivity index (χ4v) is 2.26. The van der Waals surface area contributed by atoms with Crippen molar-refractivity contribution in [2.45, 2.75) is 48.9 Å². The van der Waals surface area contributed by atoms with E-state index in [1.807, 2.05) is 0 Å². The van der Waals surface area contributed by atoms with Crippen LogP contribution in [0.4, 0.5) is 4.39 Å². The summed E-state index contributed by atoms with van der Waals surface area (Å²) in [5, 5.41) is 45.1. The van der Waals surface area contributed by atoms with Gasteiger partial charge in [0.2, 0.25) is 0 Å². The van der Waals surface area contributed by atoms with Crippen LogP contribution in [-0.4, -0.2) is 103 Å². The van der Waals surface area contributed by atoms with Gasteiger partial charge in [0.1, 0.15) is 46.3 Å². The van der Waals surface area contributed by atoms with Gasteiger partial charge in [-0.25, -0.2) is 4.39 Å². The van der Waals surface area contributed by atoms with Crippen LogP contribution >= 0.6 is 0 Å². The third-order valence-electron chi connectivity index (χ3n) is 4.02. The molecule has 2 rings (SSSR count). The van der Waals surface area contributed by atoms with Crippen molar-refractivity contribution in [1.82, 2.24) is 0 Å². The topological polar surface area (TPSA) is 120 Å². The lowest BCUT2D eigenvalue weighted by Gasteiger charge is -2.25. The third kappa shape index (κ3) is 3.81. The summed E-state index contributed by atoms with van der Waals surface area (Å²) in [6.45, 7) is -0.0762. The Morgan fingerprint density at radius 1 is 1.09 bits per heavy atom. The zero-order valence-corrected chi connectivity index (χ0v) is 12.2. The van der Waals surface area contributed by atoms with E-state index in [-0.39, 0.29) is 12.5 Å². The molecule has 0 amide bonds. The van der Waals surface area contributed by atoms with Crippen LogP contribution in [0.15, 0.2) is 0 Å². The lowest BCUT2D eigenvalue weighted by Crippen LogP contribution is -2.50. The van der Waals surface area contributed by atoms with Crippen LogP contribution in [0, 0.1) is 5.92 Å². The number of aliphatic hydroxyl groups is 5.